The summed E-state index contributed by atoms with van der Waals surface area (Å²) in [6.07, 6.45) is 1.38. The molecule has 2 N–H and O–H groups in total. The summed E-state index contributed by atoms with van der Waals surface area (Å²) in [7, 11) is 3.83. The lowest BCUT2D eigenvalue weighted by molar-refractivity contribution is -0.117. The number of carbonyl (C=O) groups is 2. The molecule has 1 unspecified atom stereocenters. The van der Waals surface area contributed by atoms with Crippen molar-refractivity contribution in [2.45, 2.75) is 19.5 Å². The number of amides is 2. The summed E-state index contributed by atoms with van der Waals surface area (Å²) in [5.41, 5.74) is 1.54. The molecule has 2 aromatic heterocycles. The monoisotopic (exact) mass is 386 g/mol. The highest BCUT2D eigenvalue weighted by atomic mass is 16.4. The second-order valence-electron chi connectivity index (χ2n) is 6.67. The molecule has 2 amide bonds. The highest BCUT2D eigenvalue weighted by Crippen LogP contribution is 2.19. The maximum Gasteiger partial charge on any atom is 0.419 e. The van der Waals surface area contributed by atoms with Gasteiger partial charge in [-0.25, -0.2) is 4.79 Å². The molecule has 0 radical (unpaired) electrons. The molecule has 0 fully saturated rings. The Labute approximate surface area is 160 Å². The molecule has 3 aromatic rings. The minimum Gasteiger partial charge on any atom is -0.459 e. The van der Waals surface area contributed by atoms with Crippen LogP contribution in [-0.4, -0.2) is 48.0 Å². The lowest BCUT2D eigenvalue weighted by Gasteiger charge is -2.13. The largest absolute Gasteiger partial charge is 0.459 e. The van der Waals surface area contributed by atoms with Crippen molar-refractivity contribution in [3.63, 3.8) is 0 Å². The number of furan rings is 1. The number of carbonyl (C=O) groups excluding carboxylic acids is 2. The van der Waals surface area contributed by atoms with Crippen molar-refractivity contribution in [1.29, 1.82) is 0 Å². The van der Waals surface area contributed by atoms with E-state index in [-0.39, 0.29) is 5.76 Å². The average Bonchev–Trinajstić information content (AvgIpc) is 3.27. The van der Waals surface area contributed by atoms with Crippen LogP contribution in [0.5, 0.6) is 0 Å². The van der Waals surface area contributed by atoms with Gasteiger partial charge in [0.05, 0.1) is 11.8 Å². The number of fused-ring (bicyclic) bond motifs is 1. The molecule has 28 heavy (non-hydrogen) atoms. The Morgan fingerprint density at radius 3 is 2.71 bits per heavy atom. The number of hydrogen-bond acceptors (Lipinski definition) is 6. The number of rotatable bonds is 7. The van der Waals surface area contributed by atoms with Crippen LogP contribution in [-0.2, 0) is 11.3 Å². The Bertz CT molecular complexity index is 1030. The second-order valence-corrected chi connectivity index (χ2v) is 6.67. The third-order valence-electron chi connectivity index (χ3n) is 4.19. The number of benzene rings is 1. The molecular formula is C19H22N4O5. The van der Waals surface area contributed by atoms with E-state index in [1.54, 1.807) is 31.2 Å². The molecule has 0 saturated carbocycles. The first-order chi connectivity index (χ1) is 13.3. The predicted molar refractivity (Wildman–Crippen MR) is 103 cm³/mol. The fraction of sp³-hybridized carbons (Fsp3) is 0.316. The molecule has 0 aliphatic carbocycles. The smallest absolute Gasteiger partial charge is 0.419 e. The van der Waals surface area contributed by atoms with Gasteiger partial charge in [-0.05, 0) is 51.4 Å². The Morgan fingerprint density at radius 2 is 2.04 bits per heavy atom. The normalized spacial score (nSPS) is 12.3. The van der Waals surface area contributed by atoms with Gasteiger partial charge in [-0.1, -0.05) is 0 Å². The summed E-state index contributed by atoms with van der Waals surface area (Å²) in [6, 6.07) is 7.27. The number of oxazole rings is 1. The third kappa shape index (κ3) is 4.32. The zero-order chi connectivity index (χ0) is 20.3. The van der Waals surface area contributed by atoms with Crippen LogP contribution in [0.2, 0.25) is 0 Å². The second kappa shape index (κ2) is 8.13. The summed E-state index contributed by atoms with van der Waals surface area (Å²) in [4.78, 5) is 38.4. The van der Waals surface area contributed by atoms with Crippen LogP contribution < -0.4 is 16.4 Å². The van der Waals surface area contributed by atoms with E-state index >= 15 is 0 Å². The quantitative estimate of drug-likeness (QED) is 0.637. The van der Waals surface area contributed by atoms with E-state index in [2.05, 4.69) is 10.6 Å². The summed E-state index contributed by atoms with van der Waals surface area (Å²) in [5, 5.41) is 5.30. The predicted octanol–water partition coefficient (Wildman–Crippen LogP) is 1.51. The topological polar surface area (TPSA) is 110 Å². The zero-order valence-corrected chi connectivity index (χ0v) is 15.9. The third-order valence-corrected chi connectivity index (χ3v) is 4.19. The van der Waals surface area contributed by atoms with E-state index in [4.69, 9.17) is 8.83 Å². The van der Waals surface area contributed by atoms with Crippen LogP contribution in [0.4, 0.5) is 5.69 Å². The first-order valence-corrected chi connectivity index (χ1v) is 8.78. The fourth-order valence-corrected chi connectivity index (χ4v) is 2.64. The SMILES string of the molecule is CC(NC(=O)c1ccco1)C(=O)Nc1ccc2oc(=O)n(CCN(C)C)c2c1. The molecule has 1 atom stereocenters. The Hall–Kier alpha value is -3.33. The molecule has 148 valence electrons. The van der Waals surface area contributed by atoms with Crippen molar-refractivity contribution in [2.24, 2.45) is 0 Å². The number of anilines is 1. The first-order valence-electron chi connectivity index (χ1n) is 8.78. The van der Waals surface area contributed by atoms with Gasteiger partial charge in [0.15, 0.2) is 11.3 Å². The summed E-state index contributed by atoms with van der Waals surface area (Å²) in [5.74, 6) is -1.19. The lowest BCUT2D eigenvalue weighted by atomic mass is 10.2. The summed E-state index contributed by atoms with van der Waals surface area (Å²) in [6.45, 7) is 2.70. The molecule has 0 saturated heterocycles. The van der Waals surface area contributed by atoms with E-state index in [1.165, 1.54) is 16.9 Å². The van der Waals surface area contributed by atoms with Crippen LogP contribution >= 0.6 is 0 Å². The molecule has 2 heterocycles. The van der Waals surface area contributed by atoms with Gasteiger partial charge >= 0.3 is 5.76 Å². The van der Waals surface area contributed by atoms with E-state index in [1.807, 2.05) is 19.0 Å². The Kier molecular flexibility index (Phi) is 5.65. The number of aromatic nitrogens is 1. The minimum absolute atomic E-state index is 0.129. The molecule has 9 nitrogen and oxygen atoms in total. The fourth-order valence-electron chi connectivity index (χ4n) is 2.64. The van der Waals surface area contributed by atoms with Crippen molar-refractivity contribution >= 4 is 28.6 Å². The average molecular weight is 386 g/mol. The molecule has 3 rings (SSSR count). The molecule has 0 spiro atoms. The van der Waals surface area contributed by atoms with Crippen molar-refractivity contribution in [3.05, 3.63) is 52.9 Å². The van der Waals surface area contributed by atoms with Crippen LogP contribution in [0.3, 0.4) is 0 Å². The molecule has 0 bridgehead atoms. The van der Waals surface area contributed by atoms with Crippen molar-refractivity contribution in [1.82, 2.24) is 14.8 Å². The first kappa shape index (κ1) is 19.4. The lowest BCUT2D eigenvalue weighted by Crippen LogP contribution is -2.41. The molecule has 0 aliphatic heterocycles. The van der Waals surface area contributed by atoms with E-state index in [0.29, 0.717) is 29.9 Å². The van der Waals surface area contributed by atoms with Gasteiger partial charge in [0, 0.05) is 18.8 Å². The van der Waals surface area contributed by atoms with Gasteiger partial charge < -0.3 is 24.4 Å². The van der Waals surface area contributed by atoms with Crippen LogP contribution in [0.1, 0.15) is 17.5 Å². The number of hydrogen-bond donors (Lipinski definition) is 2. The molecule has 0 aliphatic rings. The van der Waals surface area contributed by atoms with Crippen molar-refractivity contribution < 1.29 is 18.4 Å². The highest BCUT2D eigenvalue weighted by Gasteiger charge is 2.19. The van der Waals surface area contributed by atoms with Crippen LogP contribution in [0, 0.1) is 0 Å². The van der Waals surface area contributed by atoms with Gasteiger partial charge in [-0.2, -0.15) is 0 Å². The number of likely N-dealkylation sites (N-methyl/N-ethyl adjacent to an activating group) is 1. The Balaban J connectivity index is 1.72. The van der Waals surface area contributed by atoms with Crippen molar-refractivity contribution in [3.8, 4) is 0 Å². The standard InChI is InChI=1S/C19H22N4O5/c1-12(20-18(25)16-5-4-10-27-16)17(24)21-13-6-7-15-14(11-13)23(19(26)28-15)9-8-22(2)3/h4-7,10-12H,8-9H2,1-3H3,(H,20,25)(H,21,24). The number of nitrogens with zero attached hydrogens (tertiary/aromatic N) is 2. The highest BCUT2D eigenvalue weighted by molar-refractivity contribution is 6.00. The number of nitrogens with one attached hydrogen (secondary N) is 2. The van der Waals surface area contributed by atoms with Crippen LogP contribution in [0.25, 0.3) is 11.1 Å². The van der Waals surface area contributed by atoms with Gasteiger partial charge in [0.1, 0.15) is 6.04 Å². The molecule has 1 aromatic carbocycles. The van der Waals surface area contributed by atoms with Crippen molar-refractivity contribution in [2.75, 3.05) is 26.0 Å². The minimum atomic E-state index is -0.784. The summed E-state index contributed by atoms with van der Waals surface area (Å²) >= 11 is 0. The van der Waals surface area contributed by atoms with Gasteiger partial charge in [0.25, 0.3) is 5.91 Å². The van der Waals surface area contributed by atoms with Gasteiger partial charge in [0.2, 0.25) is 5.91 Å². The summed E-state index contributed by atoms with van der Waals surface area (Å²) < 4.78 is 11.8. The molecule has 9 heteroatoms. The van der Waals surface area contributed by atoms with Crippen LogP contribution in [0.15, 0.2) is 50.2 Å². The van der Waals surface area contributed by atoms with E-state index in [9.17, 15) is 14.4 Å². The van der Waals surface area contributed by atoms with E-state index < -0.39 is 23.6 Å². The zero-order valence-electron chi connectivity index (χ0n) is 15.9. The Morgan fingerprint density at radius 1 is 1.25 bits per heavy atom. The maximum absolute atomic E-state index is 12.4. The van der Waals surface area contributed by atoms with Gasteiger partial charge in [-0.3, -0.25) is 14.2 Å². The van der Waals surface area contributed by atoms with E-state index in [0.717, 1.165) is 0 Å². The van der Waals surface area contributed by atoms with Gasteiger partial charge in [-0.15, -0.1) is 0 Å². The maximum atomic E-state index is 12.4. The molecular weight excluding hydrogens is 364 g/mol.